The summed E-state index contributed by atoms with van der Waals surface area (Å²) >= 11 is 0. The van der Waals surface area contributed by atoms with Gasteiger partial charge in [-0.05, 0) is 5.41 Å². The standard InChI is InChI=1S/C11H20N4O/c1-11(2,3)9(12)4-10(16)13-5-8-6-14-15-7-8/h6-7,9H,4-5,12H2,1-3H3,(H,13,16)(H,14,15). The molecule has 0 saturated heterocycles. The van der Waals surface area contributed by atoms with E-state index in [0.29, 0.717) is 13.0 Å². The minimum absolute atomic E-state index is 0.0244. The first kappa shape index (κ1) is 12.7. The maximum atomic E-state index is 11.6. The van der Waals surface area contributed by atoms with Crippen molar-refractivity contribution in [2.75, 3.05) is 0 Å². The zero-order chi connectivity index (χ0) is 12.2. The van der Waals surface area contributed by atoms with Gasteiger partial charge in [0, 0.05) is 30.8 Å². The molecule has 0 saturated carbocycles. The first-order valence-corrected chi connectivity index (χ1v) is 5.39. The van der Waals surface area contributed by atoms with Crippen LogP contribution in [0, 0.1) is 5.41 Å². The van der Waals surface area contributed by atoms with Crippen molar-refractivity contribution in [2.24, 2.45) is 11.1 Å². The van der Waals surface area contributed by atoms with Crippen LogP contribution in [0.3, 0.4) is 0 Å². The maximum Gasteiger partial charge on any atom is 0.221 e. The Bertz CT molecular complexity index is 326. The first-order chi connectivity index (χ1) is 7.39. The summed E-state index contributed by atoms with van der Waals surface area (Å²) in [6.07, 6.45) is 3.79. The summed E-state index contributed by atoms with van der Waals surface area (Å²) in [6.45, 7) is 6.58. The van der Waals surface area contributed by atoms with Gasteiger partial charge in [0.1, 0.15) is 0 Å². The summed E-state index contributed by atoms with van der Waals surface area (Å²) in [5.41, 5.74) is 6.83. The zero-order valence-corrected chi connectivity index (χ0v) is 10.1. The number of rotatable bonds is 4. The Morgan fingerprint density at radius 1 is 1.62 bits per heavy atom. The smallest absolute Gasteiger partial charge is 0.221 e. The van der Waals surface area contributed by atoms with Crippen molar-refractivity contribution in [3.8, 4) is 0 Å². The molecule has 5 nitrogen and oxygen atoms in total. The Morgan fingerprint density at radius 2 is 2.31 bits per heavy atom. The lowest BCUT2D eigenvalue weighted by molar-refractivity contribution is -0.122. The molecule has 5 heteroatoms. The van der Waals surface area contributed by atoms with Crippen LogP contribution in [0.2, 0.25) is 0 Å². The second-order valence-electron chi connectivity index (χ2n) is 5.06. The van der Waals surface area contributed by atoms with Gasteiger partial charge in [0.2, 0.25) is 5.91 Å². The molecule has 0 bridgehead atoms. The minimum Gasteiger partial charge on any atom is -0.352 e. The second kappa shape index (κ2) is 5.12. The summed E-state index contributed by atoms with van der Waals surface area (Å²) in [4.78, 5) is 11.6. The largest absolute Gasteiger partial charge is 0.352 e. The average molecular weight is 224 g/mol. The molecule has 1 aromatic heterocycles. The van der Waals surface area contributed by atoms with Gasteiger partial charge in [0.05, 0.1) is 6.20 Å². The van der Waals surface area contributed by atoms with Crippen molar-refractivity contribution in [3.05, 3.63) is 18.0 Å². The highest BCUT2D eigenvalue weighted by Gasteiger charge is 2.22. The Hall–Kier alpha value is -1.36. The van der Waals surface area contributed by atoms with Crippen LogP contribution in [0.15, 0.2) is 12.4 Å². The quantitative estimate of drug-likeness (QED) is 0.707. The van der Waals surface area contributed by atoms with Gasteiger partial charge in [-0.15, -0.1) is 0 Å². The number of aromatic amines is 1. The monoisotopic (exact) mass is 224 g/mol. The van der Waals surface area contributed by atoms with Crippen LogP contribution in [0.4, 0.5) is 0 Å². The highest BCUT2D eigenvalue weighted by atomic mass is 16.1. The molecule has 0 aromatic carbocycles. The van der Waals surface area contributed by atoms with Crippen molar-refractivity contribution >= 4 is 5.91 Å². The fourth-order valence-electron chi connectivity index (χ4n) is 1.15. The number of nitrogens with two attached hydrogens (primary N) is 1. The number of hydrogen-bond donors (Lipinski definition) is 3. The molecule has 90 valence electrons. The van der Waals surface area contributed by atoms with E-state index < -0.39 is 0 Å². The van der Waals surface area contributed by atoms with Gasteiger partial charge < -0.3 is 11.1 Å². The number of carbonyl (C=O) groups is 1. The molecule has 4 N–H and O–H groups in total. The molecule has 0 aliphatic rings. The molecule has 1 amide bonds. The molecule has 1 aromatic rings. The molecule has 0 fully saturated rings. The second-order valence-corrected chi connectivity index (χ2v) is 5.06. The summed E-state index contributed by atoms with van der Waals surface area (Å²) in [7, 11) is 0. The topological polar surface area (TPSA) is 83.8 Å². The van der Waals surface area contributed by atoms with E-state index in [-0.39, 0.29) is 17.4 Å². The van der Waals surface area contributed by atoms with E-state index >= 15 is 0 Å². The molecule has 0 radical (unpaired) electrons. The normalized spacial score (nSPS) is 13.5. The number of nitrogens with one attached hydrogen (secondary N) is 2. The SMILES string of the molecule is CC(C)(C)C(N)CC(=O)NCc1cn[nH]c1. The molecule has 1 heterocycles. The molecule has 0 aliphatic heterocycles. The van der Waals surface area contributed by atoms with Crippen molar-refractivity contribution in [1.29, 1.82) is 0 Å². The third kappa shape index (κ3) is 4.02. The first-order valence-electron chi connectivity index (χ1n) is 5.39. The van der Waals surface area contributed by atoms with E-state index in [4.69, 9.17) is 5.73 Å². The number of nitrogens with zero attached hydrogens (tertiary/aromatic N) is 1. The number of hydrogen-bond acceptors (Lipinski definition) is 3. The maximum absolute atomic E-state index is 11.6. The van der Waals surface area contributed by atoms with Gasteiger partial charge in [-0.1, -0.05) is 20.8 Å². The number of amides is 1. The third-order valence-electron chi connectivity index (χ3n) is 2.56. The third-order valence-corrected chi connectivity index (χ3v) is 2.56. The van der Waals surface area contributed by atoms with Crippen molar-refractivity contribution < 1.29 is 4.79 Å². The summed E-state index contributed by atoms with van der Waals surface area (Å²) in [6, 6.07) is -0.128. The van der Waals surface area contributed by atoms with Gasteiger partial charge in [0.25, 0.3) is 0 Å². The molecule has 0 spiro atoms. The van der Waals surface area contributed by atoms with Crippen LogP contribution in [0.25, 0.3) is 0 Å². The fraction of sp³-hybridized carbons (Fsp3) is 0.636. The van der Waals surface area contributed by atoms with Crippen molar-refractivity contribution in [1.82, 2.24) is 15.5 Å². The molecular weight excluding hydrogens is 204 g/mol. The molecule has 1 atom stereocenters. The lowest BCUT2D eigenvalue weighted by atomic mass is 9.85. The van der Waals surface area contributed by atoms with Gasteiger partial charge in [-0.25, -0.2) is 0 Å². The number of H-pyrrole nitrogens is 1. The van der Waals surface area contributed by atoms with Crippen LogP contribution >= 0.6 is 0 Å². The van der Waals surface area contributed by atoms with E-state index in [9.17, 15) is 4.79 Å². The van der Waals surface area contributed by atoms with Gasteiger partial charge in [-0.3, -0.25) is 9.89 Å². The van der Waals surface area contributed by atoms with Crippen LogP contribution in [0.1, 0.15) is 32.8 Å². The van der Waals surface area contributed by atoms with Crippen LogP contribution in [-0.2, 0) is 11.3 Å². The van der Waals surface area contributed by atoms with Gasteiger partial charge in [-0.2, -0.15) is 5.10 Å². The zero-order valence-electron chi connectivity index (χ0n) is 10.1. The van der Waals surface area contributed by atoms with Crippen LogP contribution < -0.4 is 11.1 Å². The number of aromatic nitrogens is 2. The van der Waals surface area contributed by atoms with E-state index in [2.05, 4.69) is 15.5 Å². The minimum atomic E-state index is -0.128. The molecule has 1 rings (SSSR count). The van der Waals surface area contributed by atoms with E-state index in [1.54, 1.807) is 12.4 Å². The van der Waals surface area contributed by atoms with E-state index in [1.807, 2.05) is 20.8 Å². The Labute approximate surface area is 95.8 Å². The highest BCUT2D eigenvalue weighted by molar-refractivity contribution is 5.76. The molecular formula is C11H20N4O. The summed E-state index contributed by atoms with van der Waals surface area (Å²) < 4.78 is 0. The Morgan fingerprint density at radius 3 is 2.81 bits per heavy atom. The predicted molar refractivity (Wildman–Crippen MR) is 62.5 cm³/mol. The molecule has 1 unspecified atom stereocenters. The Balaban J connectivity index is 2.31. The molecule has 16 heavy (non-hydrogen) atoms. The Kier molecular flexibility index (Phi) is 4.06. The van der Waals surface area contributed by atoms with Crippen LogP contribution in [0.5, 0.6) is 0 Å². The summed E-state index contributed by atoms with van der Waals surface area (Å²) in [5, 5.41) is 9.30. The van der Waals surface area contributed by atoms with Crippen LogP contribution in [-0.4, -0.2) is 22.1 Å². The van der Waals surface area contributed by atoms with Crippen molar-refractivity contribution in [3.63, 3.8) is 0 Å². The van der Waals surface area contributed by atoms with Gasteiger partial charge in [0.15, 0.2) is 0 Å². The summed E-state index contributed by atoms with van der Waals surface area (Å²) in [5.74, 6) is -0.0244. The predicted octanol–water partition coefficient (Wildman–Crippen LogP) is 0.789. The lowest BCUT2D eigenvalue weighted by Gasteiger charge is -2.26. The van der Waals surface area contributed by atoms with Crippen molar-refractivity contribution in [2.45, 2.75) is 39.8 Å². The molecule has 0 aliphatic carbocycles. The lowest BCUT2D eigenvalue weighted by Crippen LogP contribution is -2.39. The van der Waals surface area contributed by atoms with E-state index in [1.165, 1.54) is 0 Å². The number of carbonyl (C=O) groups excluding carboxylic acids is 1. The van der Waals surface area contributed by atoms with E-state index in [0.717, 1.165) is 5.56 Å². The van der Waals surface area contributed by atoms with Gasteiger partial charge >= 0.3 is 0 Å². The highest BCUT2D eigenvalue weighted by Crippen LogP contribution is 2.19. The fourth-order valence-corrected chi connectivity index (χ4v) is 1.15. The average Bonchev–Trinajstić information content (AvgIpc) is 2.65.